The van der Waals surface area contributed by atoms with E-state index in [4.69, 9.17) is 9.47 Å². The van der Waals surface area contributed by atoms with Crippen molar-refractivity contribution in [2.75, 3.05) is 13.7 Å². The van der Waals surface area contributed by atoms with Crippen molar-refractivity contribution >= 4 is 5.91 Å². The van der Waals surface area contributed by atoms with E-state index in [0.29, 0.717) is 11.5 Å². The van der Waals surface area contributed by atoms with E-state index in [2.05, 4.69) is 10.1 Å². The van der Waals surface area contributed by atoms with Crippen LogP contribution in [0.2, 0.25) is 0 Å². The maximum Gasteiger partial charge on any atom is 0.422 e. The van der Waals surface area contributed by atoms with E-state index in [0.717, 1.165) is 5.56 Å². The van der Waals surface area contributed by atoms with Crippen LogP contribution >= 0.6 is 0 Å². The van der Waals surface area contributed by atoms with Crippen LogP contribution in [0.25, 0.3) is 0 Å². The molecular weight excluding hydrogens is 363 g/mol. The highest BCUT2D eigenvalue weighted by atomic mass is 19.4. The number of nitrogens with one attached hydrogen (secondary N) is 1. The topological polar surface area (TPSA) is 56.8 Å². The van der Waals surface area contributed by atoms with Gasteiger partial charge in [-0.05, 0) is 48.9 Å². The molecule has 0 aliphatic carbocycles. The Morgan fingerprint density at radius 1 is 1.00 bits per heavy atom. The first-order valence-electron chi connectivity index (χ1n) is 8.14. The largest absolute Gasteiger partial charge is 0.497 e. The van der Waals surface area contributed by atoms with Gasteiger partial charge in [-0.15, -0.1) is 0 Å². The van der Waals surface area contributed by atoms with Crippen LogP contribution in [0.5, 0.6) is 17.2 Å². The molecule has 0 saturated heterocycles. The lowest BCUT2D eigenvalue weighted by atomic mass is 10.2. The van der Waals surface area contributed by atoms with Crippen LogP contribution in [0, 0.1) is 0 Å². The number of hydrogen-bond donors (Lipinski definition) is 1. The fraction of sp³-hybridized carbons (Fsp3) is 0.316. The summed E-state index contributed by atoms with van der Waals surface area (Å²) in [4.78, 5) is 12.1. The lowest BCUT2D eigenvalue weighted by Gasteiger charge is -2.15. The molecule has 1 unspecified atom stereocenters. The van der Waals surface area contributed by atoms with Crippen LogP contribution in [0.1, 0.15) is 12.5 Å². The number of benzene rings is 2. The number of carbonyl (C=O) groups is 1. The molecule has 0 radical (unpaired) electrons. The minimum atomic E-state index is -4.38. The predicted molar refractivity (Wildman–Crippen MR) is 92.9 cm³/mol. The lowest BCUT2D eigenvalue weighted by Crippen LogP contribution is -2.35. The van der Waals surface area contributed by atoms with Crippen LogP contribution in [-0.4, -0.2) is 31.9 Å². The van der Waals surface area contributed by atoms with Crippen molar-refractivity contribution in [3.05, 3.63) is 54.1 Å². The van der Waals surface area contributed by atoms with E-state index in [1.54, 1.807) is 50.4 Å². The molecule has 1 atom stereocenters. The van der Waals surface area contributed by atoms with Crippen molar-refractivity contribution in [1.29, 1.82) is 0 Å². The first kappa shape index (κ1) is 20.4. The Kier molecular flexibility index (Phi) is 6.92. The molecule has 1 amide bonds. The highest BCUT2D eigenvalue weighted by Gasteiger charge is 2.28. The minimum Gasteiger partial charge on any atom is -0.497 e. The van der Waals surface area contributed by atoms with Gasteiger partial charge in [0.2, 0.25) is 0 Å². The molecule has 1 N–H and O–H groups in total. The third kappa shape index (κ3) is 7.08. The van der Waals surface area contributed by atoms with Gasteiger partial charge in [-0.25, -0.2) is 0 Å². The van der Waals surface area contributed by atoms with Gasteiger partial charge in [0, 0.05) is 6.54 Å². The molecule has 0 heterocycles. The fourth-order valence-corrected chi connectivity index (χ4v) is 2.11. The number of rotatable bonds is 8. The smallest absolute Gasteiger partial charge is 0.422 e. The minimum absolute atomic E-state index is 0.110. The highest BCUT2D eigenvalue weighted by molar-refractivity contribution is 5.80. The van der Waals surface area contributed by atoms with E-state index in [1.165, 1.54) is 12.1 Å². The summed E-state index contributed by atoms with van der Waals surface area (Å²) >= 11 is 0. The number of hydrogen-bond acceptors (Lipinski definition) is 4. The summed E-state index contributed by atoms with van der Waals surface area (Å²) in [5.41, 5.74) is 0.722. The zero-order chi connectivity index (χ0) is 19.9. The van der Waals surface area contributed by atoms with Gasteiger partial charge in [-0.1, -0.05) is 12.1 Å². The zero-order valence-electron chi connectivity index (χ0n) is 14.9. The molecule has 2 aromatic rings. The molecule has 5 nitrogen and oxygen atoms in total. The van der Waals surface area contributed by atoms with Crippen molar-refractivity contribution in [2.45, 2.75) is 25.7 Å². The third-order valence-electron chi connectivity index (χ3n) is 3.53. The summed E-state index contributed by atoms with van der Waals surface area (Å²) in [6.07, 6.45) is -5.10. The zero-order valence-corrected chi connectivity index (χ0v) is 14.9. The van der Waals surface area contributed by atoms with E-state index in [1.807, 2.05) is 0 Å². The Labute approximate surface area is 155 Å². The summed E-state index contributed by atoms with van der Waals surface area (Å²) in [5.74, 6) is 1.01. The van der Waals surface area contributed by atoms with E-state index in [9.17, 15) is 18.0 Å². The number of methoxy groups -OCH3 is 1. The van der Waals surface area contributed by atoms with Gasteiger partial charge < -0.3 is 19.5 Å². The predicted octanol–water partition coefficient (Wildman–Crippen LogP) is 3.72. The van der Waals surface area contributed by atoms with Crippen LogP contribution in [0.3, 0.4) is 0 Å². The Balaban J connectivity index is 1.79. The SMILES string of the molecule is COc1ccc(OC(C)C(=O)NCc2ccc(OCC(F)(F)F)cc2)cc1. The molecule has 146 valence electrons. The van der Waals surface area contributed by atoms with Crippen LogP contribution < -0.4 is 19.5 Å². The van der Waals surface area contributed by atoms with Crippen molar-refractivity contribution in [1.82, 2.24) is 5.32 Å². The number of amides is 1. The average Bonchev–Trinajstić information content (AvgIpc) is 2.65. The Morgan fingerprint density at radius 2 is 1.56 bits per heavy atom. The van der Waals surface area contributed by atoms with E-state index >= 15 is 0 Å². The molecule has 8 heteroatoms. The molecular formula is C19H20F3NO4. The first-order valence-corrected chi connectivity index (χ1v) is 8.14. The van der Waals surface area contributed by atoms with Gasteiger partial charge in [0.25, 0.3) is 5.91 Å². The molecule has 0 spiro atoms. The van der Waals surface area contributed by atoms with Crippen LogP contribution in [0.15, 0.2) is 48.5 Å². The van der Waals surface area contributed by atoms with E-state index in [-0.39, 0.29) is 18.2 Å². The lowest BCUT2D eigenvalue weighted by molar-refractivity contribution is -0.153. The summed E-state index contributed by atoms with van der Waals surface area (Å²) < 4.78 is 51.6. The summed E-state index contributed by atoms with van der Waals surface area (Å²) in [5, 5.41) is 2.71. The molecule has 0 saturated carbocycles. The second-order valence-electron chi connectivity index (χ2n) is 5.70. The van der Waals surface area contributed by atoms with Gasteiger partial charge in [-0.3, -0.25) is 4.79 Å². The highest BCUT2D eigenvalue weighted by Crippen LogP contribution is 2.19. The molecule has 0 aromatic heterocycles. The normalized spacial score (nSPS) is 12.2. The molecule has 2 rings (SSSR count). The second kappa shape index (κ2) is 9.16. The first-order chi connectivity index (χ1) is 12.8. The van der Waals surface area contributed by atoms with Crippen molar-refractivity contribution in [3.8, 4) is 17.2 Å². The summed E-state index contributed by atoms with van der Waals surface area (Å²) in [7, 11) is 1.56. The molecule has 2 aromatic carbocycles. The van der Waals surface area contributed by atoms with Crippen LogP contribution in [-0.2, 0) is 11.3 Å². The van der Waals surface area contributed by atoms with E-state index < -0.39 is 18.9 Å². The molecule has 0 bridgehead atoms. The average molecular weight is 383 g/mol. The monoisotopic (exact) mass is 383 g/mol. The van der Waals surface area contributed by atoms with Crippen molar-refractivity contribution < 1.29 is 32.2 Å². The maximum atomic E-state index is 12.1. The Morgan fingerprint density at radius 3 is 2.11 bits per heavy atom. The second-order valence-corrected chi connectivity index (χ2v) is 5.70. The third-order valence-corrected chi connectivity index (χ3v) is 3.53. The number of halogens is 3. The number of carbonyl (C=O) groups excluding carboxylic acids is 1. The molecule has 0 fully saturated rings. The van der Waals surface area contributed by atoms with Gasteiger partial charge in [0.15, 0.2) is 12.7 Å². The number of ether oxygens (including phenoxy) is 3. The van der Waals surface area contributed by atoms with Crippen molar-refractivity contribution in [2.24, 2.45) is 0 Å². The summed E-state index contributed by atoms with van der Waals surface area (Å²) in [6, 6.07) is 12.9. The van der Waals surface area contributed by atoms with Gasteiger partial charge >= 0.3 is 6.18 Å². The van der Waals surface area contributed by atoms with Crippen molar-refractivity contribution in [3.63, 3.8) is 0 Å². The Bertz CT molecular complexity index is 730. The summed E-state index contributed by atoms with van der Waals surface area (Å²) in [6.45, 7) is 0.492. The standard InChI is InChI=1S/C19H20F3NO4/c1-13(27-17-9-7-15(25-2)8-10-17)18(24)23-11-14-3-5-16(6-4-14)26-12-19(20,21)22/h3-10,13H,11-12H2,1-2H3,(H,23,24). The van der Waals surface area contributed by atoms with Crippen LogP contribution in [0.4, 0.5) is 13.2 Å². The quantitative estimate of drug-likeness (QED) is 0.755. The van der Waals surface area contributed by atoms with Gasteiger partial charge in [0.1, 0.15) is 17.2 Å². The maximum absolute atomic E-state index is 12.1. The molecule has 27 heavy (non-hydrogen) atoms. The molecule has 0 aliphatic heterocycles. The number of alkyl halides is 3. The van der Waals surface area contributed by atoms with Gasteiger partial charge in [0.05, 0.1) is 7.11 Å². The fourth-order valence-electron chi connectivity index (χ4n) is 2.11. The molecule has 0 aliphatic rings. The Hall–Kier alpha value is -2.90. The van der Waals surface area contributed by atoms with Gasteiger partial charge in [-0.2, -0.15) is 13.2 Å².